The molecule has 0 spiro atoms. The summed E-state index contributed by atoms with van der Waals surface area (Å²) in [5.74, 6) is 0.843. The van der Waals surface area contributed by atoms with E-state index < -0.39 is 0 Å². The standard InChI is InChI=1S/C15H19ClN4OS/c1-11(12-6-7-13(16)22-12)20-15(21)19-10-4-9-18-14-5-2-3-8-17-14/h2-3,5-8,11H,4,9-10H2,1H3,(H,17,18)(H2,19,20,21)/t11-/m0/s1. The molecule has 0 bridgehead atoms. The highest BCUT2D eigenvalue weighted by molar-refractivity contribution is 7.16. The lowest BCUT2D eigenvalue weighted by molar-refractivity contribution is 0.238. The van der Waals surface area contributed by atoms with E-state index in [0.29, 0.717) is 6.54 Å². The first-order valence-corrected chi connectivity index (χ1v) is 8.29. The fourth-order valence-electron chi connectivity index (χ4n) is 1.85. The summed E-state index contributed by atoms with van der Waals surface area (Å²) in [6.45, 7) is 3.29. The average Bonchev–Trinajstić information content (AvgIpc) is 2.94. The topological polar surface area (TPSA) is 66.1 Å². The first-order chi connectivity index (χ1) is 10.6. The molecule has 1 atom stereocenters. The van der Waals surface area contributed by atoms with E-state index in [1.807, 2.05) is 37.3 Å². The predicted octanol–water partition coefficient (Wildman–Crippen LogP) is 3.66. The maximum atomic E-state index is 11.8. The van der Waals surface area contributed by atoms with Crippen molar-refractivity contribution in [1.82, 2.24) is 15.6 Å². The summed E-state index contributed by atoms with van der Waals surface area (Å²) >= 11 is 7.36. The Balaban J connectivity index is 1.59. The van der Waals surface area contributed by atoms with E-state index in [2.05, 4.69) is 20.9 Å². The van der Waals surface area contributed by atoms with Crippen LogP contribution in [0.15, 0.2) is 36.5 Å². The maximum Gasteiger partial charge on any atom is 0.315 e. The van der Waals surface area contributed by atoms with Crippen LogP contribution in [0.2, 0.25) is 4.34 Å². The average molecular weight is 339 g/mol. The lowest BCUT2D eigenvalue weighted by atomic mass is 10.3. The third-order valence-electron chi connectivity index (χ3n) is 2.98. The Morgan fingerprint density at radius 2 is 2.18 bits per heavy atom. The highest BCUT2D eigenvalue weighted by atomic mass is 35.5. The van der Waals surface area contributed by atoms with Crippen molar-refractivity contribution in [3.63, 3.8) is 0 Å². The second kappa shape index (κ2) is 8.60. The van der Waals surface area contributed by atoms with Crippen molar-refractivity contribution in [2.24, 2.45) is 0 Å². The predicted molar refractivity (Wildman–Crippen MR) is 91.6 cm³/mol. The van der Waals surface area contributed by atoms with Crippen LogP contribution in [0.25, 0.3) is 0 Å². The first-order valence-electron chi connectivity index (χ1n) is 7.09. The summed E-state index contributed by atoms with van der Waals surface area (Å²) < 4.78 is 0.727. The number of urea groups is 1. The summed E-state index contributed by atoms with van der Waals surface area (Å²) in [6, 6.07) is 9.25. The number of aromatic nitrogens is 1. The van der Waals surface area contributed by atoms with E-state index >= 15 is 0 Å². The maximum absolute atomic E-state index is 11.8. The molecule has 0 aromatic carbocycles. The molecular weight excluding hydrogens is 320 g/mol. The van der Waals surface area contributed by atoms with E-state index in [9.17, 15) is 4.79 Å². The van der Waals surface area contributed by atoms with Crippen molar-refractivity contribution in [3.8, 4) is 0 Å². The Morgan fingerprint density at radius 3 is 2.86 bits per heavy atom. The molecule has 0 aliphatic heterocycles. The smallest absolute Gasteiger partial charge is 0.315 e. The van der Waals surface area contributed by atoms with Crippen LogP contribution in [0.5, 0.6) is 0 Å². The van der Waals surface area contributed by atoms with E-state index in [1.165, 1.54) is 11.3 Å². The fourth-order valence-corrected chi connectivity index (χ4v) is 2.92. The van der Waals surface area contributed by atoms with Crippen molar-refractivity contribution in [1.29, 1.82) is 0 Å². The summed E-state index contributed by atoms with van der Waals surface area (Å²) in [4.78, 5) is 17.0. The van der Waals surface area contributed by atoms with Crippen LogP contribution in [-0.2, 0) is 0 Å². The molecule has 2 heterocycles. The monoisotopic (exact) mass is 338 g/mol. The van der Waals surface area contributed by atoms with Crippen LogP contribution >= 0.6 is 22.9 Å². The van der Waals surface area contributed by atoms with Gasteiger partial charge in [0.1, 0.15) is 5.82 Å². The molecule has 0 aliphatic rings. The van der Waals surface area contributed by atoms with Gasteiger partial charge in [0.2, 0.25) is 0 Å². The van der Waals surface area contributed by atoms with Gasteiger partial charge in [0.25, 0.3) is 0 Å². The number of hydrogen-bond donors (Lipinski definition) is 3. The molecule has 3 N–H and O–H groups in total. The van der Waals surface area contributed by atoms with Gasteiger partial charge in [-0.15, -0.1) is 11.3 Å². The van der Waals surface area contributed by atoms with Gasteiger partial charge in [-0.3, -0.25) is 0 Å². The number of hydrogen-bond acceptors (Lipinski definition) is 4. The molecule has 2 rings (SSSR count). The largest absolute Gasteiger partial charge is 0.370 e. The van der Waals surface area contributed by atoms with Gasteiger partial charge in [0.05, 0.1) is 10.4 Å². The molecule has 5 nitrogen and oxygen atoms in total. The quantitative estimate of drug-likeness (QED) is 0.675. The number of thiophene rings is 1. The minimum Gasteiger partial charge on any atom is -0.370 e. The van der Waals surface area contributed by atoms with Gasteiger partial charge < -0.3 is 16.0 Å². The second-order valence-corrected chi connectivity index (χ2v) is 6.51. The van der Waals surface area contributed by atoms with Gasteiger partial charge in [-0.25, -0.2) is 9.78 Å². The Bertz CT molecular complexity index is 590. The van der Waals surface area contributed by atoms with Crippen molar-refractivity contribution in [2.45, 2.75) is 19.4 Å². The summed E-state index contributed by atoms with van der Waals surface area (Å²) in [5, 5.41) is 8.92. The Labute approximate surface area is 139 Å². The van der Waals surface area contributed by atoms with Crippen LogP contribution in [0, 0.1) is 0 Å². The number of amides is 2. The number of carbonyl (C=O) groups excluding carboxylic acids is 1. The molecule has 0 saturated heterocycles. The van der Waals surface area contributed by atoms with E-state index in [4.69, 9.17) is 11.6 Å². The normalized spacial score (nSPS) is 11.7. The fraction of sp³-hybridized carbons (Fsp3) is 0.333. The highest BCUT2D eigenvalue weighted by Gasteiger charge is 2.10. The van der Waals surface area contributed by atoms with E-state index in [0.717, 1.165) is 28.0 Å². The SMILES string of the molecule is C[C@H](NC(=O)NCCCNc1ccccn1)c1ccc(Cl)s1. The molecular formula is C15H19ClN4OS. The first kappa shape index (κ1) is 16.6. The van der Waals surface area contributed by atoms with Crippen LogP contribution in [0.4, 0.5) is 10.6 Å². The summed E-state index contributed by atoms with van der Waals surface area (Å²) in [5.41, 5.74) is 0. The van der Waals surface area contributed by atoms with Gasteiger partial charge in [-0.05, 0) is 37.6 Å². The number of pyridine rings is 1. The van der Waals surface area contributed by atoms with Crippen LogP contribution in [0.1, 0.15) is 24.3 Å². The zero-order valence-corrected chi connectivity index (χ0v) is 13.9. The zero-order chi connectivity index (χ0) is 15.8. The van der Waals surface area contributed by atoms with Crippen molar-refractivity contribution < 1.29 is 4.79 Å². The number of rotatable bonds is 7. The number of anilines is 1. The summed E-state index contributed by atoms with van der Waals surface area (Å²) in [6.07, 6.45) is 2.56. The van der Waals surface area contributed by atoms with E-state index in [-0.39, 0.29) is 12.1 Å². The van der Waals surface area contributed by atoms with Gasteiger partial charge in [-0.1, -0.05) is 17.7 Å². The minimum absolute atomic E-state index is 0.0517. The third kappa shape index (κ3) is 5.54. The molecule has 0 aliphatic carbocycles. The molecule has 0 saturated carbocycles. The molecule has 118 valence electrons. The Hall–Kier alpha value is -1.79. The molecule has 7 heteroatoms. The Kier molecular flexibility index (Phi) is 6.48. The van der Waals surface area contributed by atoms with Crippen LogP contribution in [0.3, 0.4) is 0 Å². The van der Waals surface area contributed by atoms with Crippen LogP contribution in [-0.4, -0.2) is 24.1 Å². The van der Waals surface area contributed by atoms with Crippen molar-refractivity contribution in [3.05, 3.63) is 45.7 Å². The number of nitrogens with one attached hydrogen (secondary N) is 3. The van der Waals surface area contributed by atoms with Crippen LogP contribution < -0.4 is 16.0 Å². The minimum atomic E-state index is -0.171. The molecule has 0 fully saturated rings. The van der Waals surface area contributed by atoms with Gasteiger partial charge in [-0.2, -0.15) is 0 Å². The lowest BCUT2D eigenvalue weighted by Gasteiger charge is -2.13. The molecule has 2 amide bonds. The lowest BCUT2D eigenvalue weighted by Crippen LogP contribution is -2.37. The van der Waals surface area contributed by atoms with Crippen molar-refractivity contribution in [2.75, 3.05) is 18.4 Å². The number of nitrogens with zero attached hydrogens (tertiary/aromatic N) is 1. The molecule has 22 heavy (non-hydrogen) atoms. The molecule has 2 aromatic heterocycles. The Morgan fingerprint density at radius 1 is 1.32 bits per heavy atom. The molecule has 0 unspecified atom stereocenters. The van der Waals surface area contributed by atoms with Gasteiger partial charge >= 0.3 is 6.03 Å². The van der Waals surface area contributed by atoms with Gasteiger partial charge in [0.15, 0.2) is 0 Å². The zero-order valence-electron chi connectivity index (χ0n) is 12.3. The van der Waals surface area contributed by atoms with E-state index in [1.54, 1.807) is 6.20 Å². The second-order valence-electron chi connectivity index (χ2n) is 4.76. The third-order valence-corrected chi connectivity index (χ3v) is 4.39. The van der Waals surface area contributed by atoms with Crippen molar-refractivity contribution >= 4 is 34.8 Å². The summed E-state index contributed by atoms with van der Waals surface area (Å²) in [7, 11) is 0. The van der Waals surface area contributed by atoms with Gasteiger partial charge in [0, 0.05) is 24.2 Å². The molecule has 0 radical (unpaired) electrons. The molecule has 2 aromatic rings. The number of carbonyl (C=O) groups is 1. The number of halogens is 1. The highest BCUT2D eigenvalue weighted by Crippen LogP contribution is 2.26.